The highest BCUT2D eigenvalue weighted by molar-refractivity contribution is 5.23. The SMILES string of the molecule is Cn1cc(C(O)c2cccnc2)cn1. The molecule has 2 aromatic heterocycles. The van der Waals surface area contributed by atoms with E-state index in [9.17, 15) is 5.11 Å². The van der Waals surface area contributed by atoms with Crippen LogP contribution in [0.5, 0.6) is 0 Å². The van der Waals surface area contributed by atoms with Gasteiger partial charge in [-0.05, 0) is 6.07 Å². The molecule has 72 valence electrons. The number of aromatic nitrogens is 3. The fourth-order valence-electron chi connectivity index (χ4n) is 1.31. The molecule has 0 aliphatic rings. The van der Waals surface area contributed by atoms with E-state index in [1.807, 2.05) is 13.1 Å². The number of aliphatic hydroxyl groups is 1. The molecular formula is C10H11N3O. The first-order chi connectivity index (χ1) is 6.77. The van der Waals surface area contributed by atoms with E-state index in [1.165, 1.54) is 0 Å². The van der Waals surface area contributed by atoms with Crippen LogP contribution >= 0.6 is 0 Å². The number of rotatable bonds is 2. The smallest absolute Gasteiger partial charge is 0.109 e. The second-order valence-corrected chi connectivity index (χ2v) is 3.14. The van der Waals surface area contributed by atoms with Crippen LogP contribution in [0.15, 0.2) is 36.9 Å². The third kappa shape index (κ3) is 1.65. The number of aryl methyl sites for hydroxylation is 1. The van der Waals surface area contributed by atoms with E-state index in [1.54, 1.807) is 35.5 Å². The maximum absolute atomic E-state index is 9.91. The van der Waals surface area contributed by atoms with Crippen LogP contribution in [0.2, 0.25) is 0 Å². The Kier molecular flexibility index (Phi) is 2.28. The largest absolute Gasteiger partial charge is 0.383 e. The van der Waals surface area contributed by atoms with Gasteiger partial charge in [-0.2, -0.15) is 5.10 Å². The second kappa shape index (κ2) is 3.59. The third-order valence-electron chi connectivity index (χ3n) is 2.04. The third-order valence-corrected chi connectivity index (χ3v) is 2.04. The predicted molar refractivity (Wildman–Crippen MR) is 51.5 cm³/mol. The number of aliphatic hydroxyl groups excluding tert-OH is 1. The molecule has 2 rings (SSSR count). The molecule has 0 aliphatic heterocycles. The Labute approximate surface area is 81.8 Å². The molecule has 0 fully saturated rings. The van der Waals surface area contributed by atoms with Gasteiger partial charge in [-0.25, -0.2) is 0 Å². The Morgan fingerprint density at radius 3 is 2.79 bits per heavy atom. The van der Waals surface area contributed by atoms with E-state index in [0.29, 0.717) is 0 Å². The van der Waals surface area contributed by atoms with Crippen molar-refractivity contribution in [2.45, 2.75) is 6.10 Å². The average Bonchev–Trinajstić information content (AvgIpc) is 2.65. The van der Waals surface area contributed by atoms with Crippen LogP contribution in [0, 0.1) is 0 Å². The molecule has 1 N–H and O–H groups in total. The van der Waals surface area contributed by atoms with Crippen molar-refractivity contribution >= 4 is 0 Å². The van der Waals surface area contributed by atoms with Crippen molar-refractivity contribution in [3.63, 3.8) is 0 Å². The van der Waals surface area contributed by atoms with Crippen LogP contribution < -0.4 is 0 Å². The normalized spacial score (nSPS) is 12.7. The lowest BCUT2D eigenvalue weighted by Gasteiger charge is -2.06. The highest BCUT2D eigenvalue weighted by atomic mass is 16.3. The van der Waals surface area contributed by atoms with E-state index < -0.39 is 6.10 Å². The quantitative estimate of drug-likeness (QED) is 0.763. The molecule has 1 unspecified atom stereocenters. The Bertz CT molecular complexity index is 410. The monoisotopic (exact) mass is 189 g/mol. The summed E-state index contributed by atoms with van der Waals surface area (Å²) >= 11 is 0. The predicted octanol–water partition coefficient (Wildman–Crippen LogP) is 0.897. The second-order valence-electron chi connectivity index (χ2n) is 3.14. The molecule has 0 amide bonds. The van der Waals surface area contributed by atoms with E-state index in [4.69, 9.17) is 0 Å². The van der Waals surface area contributed by atoms with Crippen LogP contribution in [0.4, 0.5) is 0 Å². The van der Waals surface area contributed by atoms with Crippen molar-refractivity contribution in [1.82, 2.24) is 14.8 Å². The van der Waals surface area contributed by atoms with Gasteiger partial charge in [-0.15, -0.1) is 0 Å². The van der Waals surface area contributed by atoms with Gasteiger partial charge in [0.25, 0.3) is 0 Å². The van der Waals surface area contributed by atoms with Gasteiger partial charge in [-0.3, -0.25) is 9.67 Å². The molecule has 0 aliphatic carbocycles. The summed E-state index contributed by atoms with van der Waals surface area (Å²) in [6, 6.07) is 3.64. The first-order valence-corrected chi connectivity index (χ1v) is 4.34. The number of pyridine rings is 1. The molecule has 2 heterocycles. The summed E-state index contributed by atoms with van der Waals surface area (Å²) in [5, 5.41) is 13.9. The zero-order chi connectivity index (χ0) is 9.97. The molecule has 0 saturated heterocycles. The Morgan fingerprint density at radius 1 is 1.36 bits per heavy atom. The van der Waals surface area contributed by atoms with Crippen molar-refractivity contribution < 1.29 is 5.11 Å². The van der Waals surface area contributed by atoms with Gasteiger partial charge in [0.1, 0.15) is 6.10 Å². The molecular weight excluding hydrogens is 178 g/mol. The van der Waals surface area contributed by atoms with Crippen molar-refractivity contribution in [3.05, 3.63) is 48.0 Å². The van der Waals surface area contributed by atoms with Crippen LogP contribution in [-0.4, -0.2) is 19.9 Å². The lowest BCUT2D eigenvalue weighted by molar-refractivity contribution is 0.220. The van der Waals surface area contributed by atoms with Crippen molar-refractivity contribution in [3.8, 4) is 0 Å². The van der Waals surface area contributed by atoms with Crippen LogP contribution in [0.1, 0.15) is 17.2 Å². The molecule has 4 nitrogen and oxygen atoms in total. The van der Waals surface area contributed by atoms with Gasteiger partial charge < -0.3 is 5.11 Å². The highest BCUT2D eigenvalue weighted by Gasteiger charge is 2.11. The lowest BCUT2D eigenvalue weighted by Crippen LogP contribution is -1.98. The van der Waals surface area contributed by atoms with Crippen molar-refractivity contribution in [1.29, 1.82) is 0 Å². The van der Waals surface area contributed by atoms with Crippen LogP contribution in [-0.2, 0) is 7.05 Å². The molecule has 0 bridgehead atoms. The van der Waals surface area contributed by atoms with Crippen molar-refractivity contribution in [2.24, 2.45) is 7.05 Å². The molecule has 14 heavy (non-hydrogen) atoms. The van der Waals surface area contributed by atoms with Crippen molar-refractivity contribution in [2.75, 3.05) is 0 Å². The standard InChI is InChI=1S/C10H11N3O/c1-13-7-9(6-12-13)10(14)8-3-2-4-11-5-8/h2-7,10,14H,1H3. The minimum atomic E-state index is -0.641. The topological polar surface area (TPSA) is 50.9 Å². The van der Waals surface area contributed by atoms with Gasteiger partial charge in [-0.1, -0.05) is 6.07 Å². The maximum atomic E-state index is 9.91. The average molecular weight is 189 g/mol. The Balaban J connectivity index is 2.29. The van der Waals surface area contributed by atoms with Crippen LogP contribution in [0.3, 0.4) is 0 Å². The van der Waals surface area contributed by atoms with E-state index in [2.05, 4.69) is 10.1 Å². The van der Waals surface area contributed by atoms with E-state index in [-0.39, 0.29) is 0 Å². The minimum absolute atomic E-state index is 0.641. The van der Waals surface area contributed by atoms with E-state index in [0.717, 1.165) is 11.1 Å². The Hall–Kier alpha value is -1.68. The van der Waals surface area contributed by atoms with Gasteiger partial charge in [0, 0.05) is 36.8 Å². The lowest BCUT2D eigenvalue weighted by atomic mass is 10.1. The van der Waals surface area contributed by atoms with Gasteiger partial charge in [0.05, 0.1) is 6.20 Å². The molecule has 1 atom stereocenters. The zero-order valence-corrected chi connectivity index (χ0v) is 7.83. The van der Waals surface area contributed by atoms with Gasteiger partial charge in [0.2, 0.25) is 0 Å². The molecule has 0 radical (unpaired) electrons. The van der Waals surface area contributed by atoms with Gasteiger partial charge >= 0.3 is 0 Å². The summed E-state index contributed by atoms with van der Waals surface area (Å²) < 4.78 is 1.66. The minimum Gasteiger partial charge on any atom is -0.383 e. The summed E-state index contributed by atoms with van der Waals surface area (Å²) in [5.74, 6) is 0. The summed E-state index contributed by atoms with van der Waals surface area (Å²) in [6.45, 7) is 0. The molecule has 2 aromatic rings. The number of nitrogens with zero attached hydrogens (tertiary/aromatic N) is 3. The fraction of sp³-hybridized carbons (Fsp3) is 0.200. The molecule has 4 heteroatoms. The highest BCUT2D eigenvalue weighted by Crippen LogP contribution is 2.19. The molecule has 0 aromatic carbocycles. The van der Waals surface area contributed by atoms with Gasteiger partial charge in [0.15, 0.2) is 0 Å². The summed E-state index contributed by atoms with van der Waals surface area (Å²) in [4.78, 5) is 3.95. The maximum Gasteiger partial charge on any atom is 0.109 e. The van der Waals surface area contributed by atoms with E-state index >= 15 is 0 Å². The Morgan fingerprint density at radius 2 is 2.21 bits per heavy atom. The summed E-state index contributed by atoms with van der Waals surface area (Å²) in [5.41, 5.74) is 1.56. The zero-order valence-electron chi connectivity index (χ0n) is 7.83. The van der Waals surface area contributed by atoms with Crippen LogP contribution in [0.25, 0.3) is 0 Å². The summed E-state index contributed by atoms with van der Waals surface area (Å²) in [6.07, 6.45) is 6.13. The first-order valence-electron chi connectivity index (χ1n) is 4.34. The molecule has 0 saturated carbocycles. The fourth-order valence-corrected chi connectivity index (χ4v) is 1.31. The first kappa shape index (κ1) is 8.90. The number of hydrogen-bond donors (Lipinski definition) is 1. The molecule has 0 spiro atoms. The summed E-state index contributed by atoms with van der Waals surface area (Å²) in [7, 11) is 1.82. The number of hydrogen-bond acceptors (Lipinski definition) is 3.